The van der Waals surface area contributed by atoms with Crippen LogP contribution in [0.2, 0.25) is 0 Å². The molecule has 1 aliphatic rings. The van der Waals surface area contributed by atoms with E-state index in [1.54, 1.807) is 13.2 Å². The molecule has 0 atom stereocenters. The Bertz CT molecular complexity index is 884. The number of rotatable bonds is 7. The maximum Gasteiger partial charge on any atom is 0.263 e. The molecule has 3 rings (SSSR count). The monoisotopic (exact) mass is 465 g/mol. The van der Waals surface area contributed by atoms with Crippen LogP contribution in [0.3, 0.4) is 0 Å². The van der Waals surface area contributed by atoms with Crippen LogP contribution in [0.1, 0.15) is 5.56 Å². The van der Waals surface area contributed by atoms with Gasteiger partial charge in [-0.15, -0.1) is 0 Å². The molecule has 0 aliphatic carbocycles. The number of carbonyl (C=O) groups excluding carboxylic acids is 1. The summed E-state index contributed by atoms with van der Waals surface area (Å²) >= 11 is 9.70. The number of ether oxygens (including phenoxy) is 3. The fourth-order valence-corrected chi connectivity index (χ4v) is 3.72. The highest BCUT2D eigenvalue weighted by Gasteiger charge is 2.22. The third kappa shape index (κ3) is 5.47. The van der Waals surface area contributed by atoms with Crippen LogP contribution in [0, 0.1) is 0 Å². The number of nitrogens with one attached hydrogen (secondary N) is 1. The number of thiocarbonyl (C=S) groups is 1. The van der Waals surface area contributed by atoms with Gasteiger partial charge in [-0.1, -0.05) is 39.9 Å². The minimum absolute atomic E-state index is 0.196. The first-order chi connectivity index (χ1) is 13.0. The summed E-state index contributed by atoms with van der Waals surface area (Å²) in [5.74, 6) is 1.98. The summed E-state index contributed by atoms with van der Waals surface area (Å²) in [5.41, 5.74) is 0.788. The van der Waals surface area contributed by atoms with Crippen LogP contribution in [-0.4, -0.2) is 30.6 Å². The standard InChI is InChI=1S/C19H16BrNO4S2/c1-23-14-3-5-15(6-4-14)24-8-9-25-16-7-2-13(20)10-12(16)11-17-18(22)21-19(26)27-17/h2-7,10-11H,8-9H2,1H3,(H,21,22,26). The molecule has 0 aromatic heterocycles. The number of hydrogen-bond donors (Lipinski definition) is 1. The zero-order valence-electron chi connectivity index (χ0n) is 14.4. The summed E-state index contributed by atoms with van der Waals surface area (Å²) in [6, 6.07) is 13.0. The number of amides is 1. The van der Waals surface area contributed by atoms with Crippen LogP contribution in [-0.2, 0) is 4.79 Å². The molecule has 2 aromatic rings. The molecule has 0 spiro atoms. The van der Waals surface area contributed by atoms with Crippen LogP contribution in [0.15, 0.2) is 51.8 Å². The SMILES string of the molecule is COc1ccc(OCCOc2ccc(Br)cc2C=C2SC(=S)NC2=O)cc1. The van der Waals surface area contributed by atoms with Crippen molar-refractivity contribution in [2.45, 2.75) is 0 Å². The quantitative estimate of drug-likeness (QED) is 0.371. The molecule has 1 heterocycles. The van der Waals surface area contributed by atoms with E-state index in [2.05, 4.69) is 21.2 Å². The topological polar surface area (TPSA) is 56.8 Å². The van der Waals surface area contributed by atoms with Crippen molar-refractivity contribution in [3.8, 4) is 17.2 Å². The van der Waals surface area contributed by atoms with Crippen molar-refractivity contribution in [2.75, 3.05) is 20.3 Å². The molecule has 0 bridgehead atoms. The van der Waals surface area contributed by atoms with E-state index in [-0.39, 0.29) is 5.91 Å². The van der Waals surface area contributed by atoms with Gasteiger partial charge in [0.15, 0.2) is 0 Å². The molecule has 0 saturated carbocycles. The van der Waals surface area contributed by atoms with Crippen molar-refractivity contribution >= 4 is 56.2 Å². The molecule has 5 nitrogen and oxygen atoms in total. The van der Waals surface area contributed by atoms with E-state index in [1.165, 1.54) is 11.8 Å². The first-order valence-electron chi connectivity index (χ1n) is 7.99. The molecule has 1 saturated heterocycles. The number of carbonyl (C=O) groups is 1. The van der Waals surface area contributed by atoms with Gasteiger partial charge in [0.2, 0.25) is 0 Å². The Hall–Kier alpha value is -2.03. The summed E-state index contributed by atoms with van der Waals surface area (Å²) in [6.45, 7) is 0.749. The van der Waals surface area contributed by atoms with Crippen LogP contribution in [0.4, 0.5) is 0 Å². The molecule has 1 N–H and O–H groups in total. The van der Waals surface area contributed by atoms with E-state index < -0.39 is 0 Å². The average Bonchev–Trinajstić information content (AvgIpc) is 2.97. The van der Waals surface area contributed by atoms with Crippen molar-refractivity contribution in [1.29, 1.82) is 0 Å². The van der Waals surface area contributed by atoms with Crippen LogP contribution < -0.4 is 19.5 Å². The Morgan fingerprint density at radius 1 is 1.11 bits per heavy atom. The largest absolute Gasteiger partial charge is 0.497 e. The van der Waals surface area contributed by atoms with Gasteiger partial charge in [-0.25, -0.2) is 0 Å². The molecular weight excluding hydrogens is 450 g/mol. The van der Waals surface area contributed by atoms with Gasteiger partial charge in [-0.05, 0) is 48.5 Å². The Kier molecular flexibility index (Phi) is 6.76. The number of methoxy groups -OCH3 is 1. The molecule has 140 valence electrons. The summed E-state index contributed by atoms with van der Waals surface area (Å²) in [7, 11) is 1.62. The van der Waals surface area contributed by atoms with Gasteiger partial charge in [-0.3, -0.25) is 4.79 Å². The van der Waals surface area contributed by atoms with E-state index in [0.29, 0.717) is 28.2 Å². The van der Waals surface area contributed by atoms with Crippen LogP contribution in [0.5, 0.6) is 17.2 Å². The van der Waals surface area contributed by atoms with Crippen molar-refractivity contribution in [3.05, 3.63) is 57.4 Å². The Balaban J connectivity index is 1.62. The highest BCUT2D eigenvalue weighted by Crippen LogP contribution is 2.31. The number of halogens is 1. The number of hydrogen-bond acceptors (Lipinski definition) is 6. The van der Waals surface area contributed by atoms with E-state index in [9.17, 15) is 4.79 Å². The predicted molar refractivity (Wildman–Crippen MR) is 114 cm³/mol. The van der Waals surface area contributed by atoms with Gasteiger partial charge >= 0.3 is 0 Å². The van der Waals surface area contributed by atoms with Crippen LogP contribution >= 0.6 is 39.9 Å². The van der Waals surface area contributed by atoms with Gasteiger partial charge in [0.1, 0.15) is 34.8 Å². The average molecular weight is 466 g/mol. The van der Waals surface area contributed by atoms with Crippen molar-refractivity contribution < 1.29 is 19.0 Å². The van der Waals surface area contributed by atoms with E-state index in [4.69, 9.17) is 26.4 Å². The van der Waals surface area contributed by atoms with Crippen molar-refractivity contribution in [2.24, 2.45) is 0 Å². The summed E-state index contributed by atoms with van der Waals surface area (Å²) in [6.07, 6.45) is 1.77. The lowest BCUT2D eigenvalue weighted by Gasteiger charge is -2.11. The van der Waals surface area contributed by atoms with E-state index >= 15 is 0 Å². The Morgan fingerprint density at radius 3 is 2.48 bits per heavy atom. The lowest BCUT2D eigenvalue weighted by atomic mass is 10.2. The molecule has 27 heavy (non-hydrogen) atoms. The van der Waals surface area contributed by atoms with E-state index in [0.717, 1.165) is 21.5 Å². The summed E-state index contributed by atoms with van der Waals surface area (Å²) < 4.78 is 18.0. The minimum atomic E-state index is -0.196. The molecule has 2 aromatic carbocycles. The zero-order valence-corrected chi connectivity index (χ0v) is 17.6. The van der Waals surface area contributed by atoms with E-state index in [1.807, 2.05) is 42.5 Å². The molecule has 1 amide bonds. The van der Waals surface area contributed by atoms with Gasteiger partial charge in [0.25, 0.3) is 5.91 Å². The van der Waals surface area contributed by atoms with Crippen LogP contribution in [0.25, 0.3) is 6.08 Å². The fraction of sp³-hybridized carbons (Fsp3) is 0.158. The number of benzene rings is 2. The minimum Gasteiger partial charge on any atom is -0.497 e. The van der Waals surface area contributed by atoms with Crippen molar-refractivity contribution in [3.63, 3.8) is 0 Å². The zero-order chi connectivity index (χ0) is 19.2. The lowest BCUT2D eigenvalue weighted by molar-refractivity contribution is -0.115. The fourth-order valence-electron chi connectivity index (χ4n) is 2.31. The van der Waals surface area contributed by atoms with Gasteiger partial charge in [0.05, 0.1) is 12.0 Å². The maximum atomic E-state index is 11.9. The second-order valence-electron chi connectivity index (χ2n) is 5.41. The first-order valence-corrected chi connectivity index (χ1v) is 10.0. The molecule has 0 unspecified atom stereocenters. The molecule has 0 radical (unpaired) electrons. The highest BCUT2D eigenvalue weighted by molar-refractivity contribution is 9.10. The second-order valence-corrected chi connectivity index (χ2v) is 8.04. The summed E-state index contributed by atoms with van der Waals surface area (Å²) in [5, 5.41) is 2.61. The molecule has 1 aliphatic heterocycles. The molecule has 1 fully saturated rings. The third-order valence-corrected chi connectivity index (χ3v) is 5.23. The normalized spacial score (nSPS) is 15.0. The Labute approximate surface area is 175 Å². The second kappa shape index (κ2) is 9.25. The molecule has 8 heteroatoms. The summed E-state index contributed by atoms with van der Waals surface area (Å²) in [4.78, 5) is 12.4. The highest BCUT2D eigenvalue weighted by atomic mass is 79.9. The van der Waals surface area contributed by atoms with Gasteiger partial charge in [-0.2, -0.15) is 0 Å². The maximum absolute atomic E-state index is 11.9. The molecular formula is C19H16BrNO4S2. The van der Waals surface area contributed by atoms with Gasteiger partial charge in [0, 0.05) is 10.0 Å². The predicted octanol–water partition coefficient (Wildman–Crippen LogP) is 4.40. The van der Waals surface area contributed by atoms with Gasteiger partial charge < -0.3 is 19.5 Å². The smallest absolute Gasteiger partial charge is 0.263 e. The Morgan fingerprint density at radius 2 is 1.81 bits per heavy atom. The number of thioether (sulfide) groups is 1. The van der Waals surface area contributed by atoms with Crippen molar-refractivity contribution in [1.82, 2.24) is 5.32 Å². The first kappa shape index (κ1) is 19.7. The third-order valence-electron chi connectivity index (χ3n) is 3.57. The lowest BCUT2D eigenvalue weighted by Crippen LogP contribution is -2.17.